The number of urea groups is 1. The largest absolute Gasteiger partial charge is 0.349 e. The van der Waals surface area contributed by atoms with Gasteiger partial charge in [0.15, 0.2) is 0 Å². The highest BCUT2D eigenvalue weighted by molar-refractivity contribution is 7.94. The Morgan fingerprint density at radius 2 is 1.92 bits per heavy atom. The van der Waals surface area contributed by atoms with Crippen LogP contribution in [0.4, 0.5) is 4.79 Å². The summed E-state index contributed by atoms with van der Waals surface area (Å²) in [4.78, 5) is 10.3. The van der Waals surface area contributed by atoms with E-state index < -0.39 is 15.8 Å². The zero-order valence-electron chi connectivity index (χ0n) is 6.49. The normalized spacial score (nSPS) is 20.7. The molecule has 1 saturated heterocycles. The van der Waals surface area contributed by atoms with E-state index in [1.165, 1.54) is 0 Å². The maximum atomic E-state index is 11.5. The number of carbonyl (C=O) groups is 1. The molecular formula is C5H12ClN3O2S. The molecule has 0 saturated carbocycles. The number of amides is 2. The van der Waals surface area contributed by atoms with Crippen molar-refractivity contribution in [1.29, 1.82) is 0 Å². The summed E-state index contributed by atoms with van der Waals surface area (Å²) in [6.45, 7) is 1.30. The van der Waals surface area contributed by atoms with E-state index in [9.17, 15) is 9.00 Å². The molecule has 1 fully saturated rings. The van der Waals surface area contributed by atoms with Crippen LogP contribution in [0.15, 0.2) is 4.36 Å². The van der Waals surface area contributed by atoms with Crippen LogP contribution in [0.1, 0.15) is 0 Å². The summed E-state index contributed by atoms with van der Waals surface area (Å²) in [6.07, 6.45) is 0. The van der Waals surface area contributed by atoms with Gasteiger partial charge in [0.25, 0.3) is 0 Å². The van der Waals surface area contributed by atoms with Gasteiger partial charge in [0, 0.05) is 24.6 Å². The van der Waals surface area contributed by atoms with Gasteiger partial charge >= 0.3 is 6.03 Å². The van der Waals surface area contributed by atoms with Gasteiger partial charge in [-0.25, -0.2) is 9.00 Å². The first-order valence-electron chi connectivity index (χ1n) is 3.35. The van der Waals surface area contributed by atoms with Gasteiger partial charge in [-0.1, -0.05) is 0 Å². The van der Waals surface area contributed by atoms with Crippen LogP contribution in [0.2, 0.25) is 0 Å². The van der Waals surface area contributed by atoms with Crippen LogP contribution in [0, 0.1) is 0 Å². The van der Waals surface area contributed by atoms with Crippen molar-refractivity contribution in [3.63, 3.8) is 0 Å². The summed E-state index contributed by atoms with van der Waals surface area (Å²) in [5.74, 6) is 0.853. The van der Waals surface area contributed by atoms with Crippen molar-refractivity contribution in [1.82, 2.24) is 5.32 Å². The fourth-order valence-corrected chi connectivity index (χ4v) is 2.59. The number of hydrogen-bond donors (Lipinski definition) is 2. The van der Waals surface area contributed by atoms with Crippen LogP contribution in [-0.2, 0) is 9.73 Å². The molecule has 72 valence electrons. The standard InChI is InChI=1S/C5H11N3O2S.ClH/c6-5(9)8-11(10)3-1-7-2-4-11;/h7H,1-4H2,(H2,6,9);1H. The highest BCUT2D eigenvalue weighted by Crippen LogP contribution is 1.99. The molecule has 0 radical (unpaired) electrons. The molecule has 0 aromatic rings. The molecule has 0 aliphatic carbocycles. The Morgan fingerprint density at radius 1 is 1.42 bits per heavy atom. The highest BCUT2D eigenvalue weighted by Gasteiger charge is 2.14. The van der Waals surface area contributed by atoms with E-state index in [0.717, 1.165) is 0 Å². The molecule has 1 aliphatic rings. The number of primary amides is 1. The van der Waals surface area contributed by atoms with Crippen LogP contribution >= 0.6 is 12.4 Å². The van der Waals surface area contributed by atoms with Crippen LogP contribution in [0.3, 0.4) is 0 Å². The molecule has 1 heterocycles. The zero-order chi connectivity index (χ0) is 8.32. The second-order valence-corrected chi connectivity index (χ2v) is 4.90. The number of nitrogens with zero attached hydrogens (tertiary/aromatic N) is 1. The summed E-state index contributed by atoms with van der Waals surface area (Å²) in [5, 5.41) is 3.02. The van der Waals surface area contributed by atoms with Crippen LogP contribution in [0.5, 0.6) is 0 Å². The molecule has 12 heavy (non-hydrogen) atoms. The molecule has 0 aromatic carbocycles. The van der Waals surface area contributed by atoms with Gasteiger partial charge in [0.05, 0.1) is 9.73 Å². The van der Waals surface area contributed by atoms with Gasteiger partial charge in [0.2, 0.25) is 0 Å². The smallest absolute Gasteiger partial charge is 0.346 e. The van der Waals surface area contributed by atoms with Gasteiger partial charge in [-0.15, -0.1) is 16.8 Å². The van der Waals surface area contributed by atoms with E-state index in [0.29, 0.717) is 24.6 Å². The second kappa shape index (κ2) is 4.64. The third-order valence-electron chi connectivity index (χ3n) is 1.45. The molecule has 1 aliphatic heterocycles. The van der Waals surface area contributed by atoms with Crippen LogP contribution in [0.25, 0.3) is 0 Å². The lowest BCUT2D eigenvalue weighted by Crippen LogP contribution is -2.36. The third kappa shape index (κ3) is 3.38. The predicted molar refractivity (Wildman–Crippen MR) is 50.0 cm³/mol. The number of carbonyl (C=O) groups excluding carboxylic acids is 1. The fourth-order valence-electron chi connectivity index (χ4n) is 0.946. The topological polar surface area (TPSA) is 84.6 Å². The monoisotopic (exact) mass is 213 g/mol. The van der Waals surface area contributed by atoms with E-state index in [-0.39, 0.29) is 12.4 Å². The van der Waals surface area contributed by atoms with Gasteiger partial charge in [0.1, 0.15) is 0 Å². The summed E-state index contributed by atoms with van der Waals surface area (Å²) in [7, 11) is -2.30. The van der Waals surface area contributed by atoms with Gasteiger partial charge in [-0.05, 0) is 0 Å². The Labute approximate surface area is 77.7 Å². The minimum atomic E-state index is -2.30. The Bertz CT molecular complexity index is 260. The highest BCUT2D eigenvalue weighted by atomic mass is 35.5. The Kier molecular flexibility index (Phi) is 4.51. The molecule has 0 unspecified atom stereocenters. The lowest BCUT2D eigenvalue weighted by molar-refractivity contribution is 0.257. The number of hydrogen-bond acceptors (Lipinski definition) is 3. The summed E-state index contributed by atoms with van der Waals surface area (Å²) in [6, 6.07) is -0.822. The van der Waals surface area contributed by atoms with E-state index in [1.54, 1.807) is 0 Å². The van der Waals surface area contributed by atoms with Gasteiger partial charge in [-0.2, -0.15) is 0 Å². The minimum Gasteiger partial charge on any atom is -0.349 e. The SMILES string of the molecule is Cl.NC(=O)N=S1(=O)CCNCC1. The molecule has 7 heteroatoms. The molecule has 0 bridgehead atoms. The van der Waals surface area contributed by atoms with E-state index in [2.05, 4.69) is 9.68 Å². The average Bonchev–Trinajstić information content (AvgIpc) is 1.85. The summed E-state index contributed by atoms with van der Waals surface area (Å²) < 4.78 is 14.9. The van der Waals surface area contributed by atoms with Crippen molar-refractivity contribution in [2.45, 2.75) is 0 Å². The van der Waals surface area contributed by atoms with E-state index >= 15 is 0 Å². The average molecular weight is 214 g/mol. The molecule has 0 spiro atoms. The van der Waals surface area contributed by atoms with Crippen molar-refractivity contribution in [2.75, 3.05) is 24.6 Å². The Morgan fingerprint density at radius 3 is 2.33 bits per heavy atom. The minimum absolute atomic E-state index is 0. The van der Waals surface area contributed by atoms with Crippen LogP contribution in [-0.4, -0.2) is 34.8 Å². The lowest BCUT2D eigenvalue weighted by Gasteiger charge is -2.15. The Hall–Kier alpha value is -0.330. The van der Waals surface area contributed by atoms with Crippen molar-refractivity contribution in [2.24, 2.45) is 10.1 Å². The van der Waals surface area contributed by atoms with Gasteiger partial charge in [-0.3, -0.25) is 0 Å². The fraction of sp³-hybridized carbons (Fsp3) is 0.800. The molecular weight excluding hydrogens is 202 g/mol. The predicted octanol–water partition coefficient (Wildman–Crippen LogP) is -0.442. The molecule has 0 aromatic heterocycles. The molecule has 3 N–H and O–H groups in total. The number of rotatable bonds is 0. The molecule has 2 amide bonds. The van der Waals surface area contributed by atoms with Crippen molar-refractivity contribution >= 4 is 28.2 Å². The quantitative estimate of drug-likeness (QED) is 0.572. The van der Waals surface area contributed by atoms with Gasteiger partial charge < -0.3 is 11.1 Å². The number of nitrogens with two attached hydrogens (primary N) is 1. The number of nitrogens with one attached hydrogen (secondary N) is 1. The first-order valence-corrected chi connectivity index (χ1v) is 5.20. The molecule has 0 atom stereocenters. The number of halogens is 1. The van der Waals surface area contributed by atoms with E-state index in [4.69, 9.17) is 5.73 Å². The van der Waals surface area contributed by atoms with Crippen molar-refractivity contribution < 1.29 is 9.00 Å². The maximum absolute atomic E-state index is 11.5. The molecule has 5 nitrogen and oxygen atoms in total. The summed E-state index contributed by atoms with van der Waals surface area (Å²) in [5.41, 5.74) is 4.80. The summed E-state index contributed by atoms with van der Waals surface area (Å²) >= 11 is 0. The third-order valence-corrected chi connectivity index (χ3v) is 3.65. The zero-order valence-corrected chi connectivity index (χ0v) is 8.12. The first kappa shape index (κ1) is 11.7. The van der Waals surface area contributed by atoms with Crippen molar-refractivity contribution in [3.05, 3.63) is 0 Å². The van der Waals surface area contributed by atoms with Crippen LogP contribution < -0.4 is 11.1 Å². The maximum Gasteiger partial charge on any atom is 0.346 e. The van der Waals surface area contributed by atoms with Crippen molar-refractivity contribution in [3.8, 4) is 0 Å². The Balaban J connectivity index is 0.00000121. The first-order chi connectivity index (χ1) is 5.12. The lowest BCUT2D eigenvalue weighted by atomic mass is 10.6. The second-order valence-electron chi connectivity index (χ2n) is 2.36. The van der Waals surface area contributed by atoms with E-state index in [1.807, 2.05) is 0 Å². The molecule has 1 rings (SSSR count).